The van der Waals surface area contributed by atoms with Crippen LogP contribution in [-0.4, -0.2) is 9.38 Å². The van der Waals surface area contributed by atoms with E-state index in [0.717, 1.165) is 26.5 Å². The molecule has 0 N–H and O–H groups in total. The van der Waals surface area contributed by atoms with Gasteiger partial charge in [0.2, 0.25) is 0 Å². The molecular weight excluding hydrogens is 384 g/mol. The van der Waals surface area contributed by atoms with Gasteiger partial charge in [-0.15, -0.1) is 0 Å². The van der Waals surface area contributed by atoms with E-state index in [-0.39, 0.29) is 5.56 Å². The zero-order valence-electron chi connectivity index (χ0n) is 11.5. The molecule has 0 saturated carbocycles. The zero-order chi connectivity index (χ0) is 15.5. The van der Waals surface area contributed by atoms with Gasteiger partial charge in [-0.1, -0.05) is 29.8 Å². The lowest BCUT2D eigenvalue weighted by Crippen LogP contribution is -2.15. The molecule has 0 amide bonds. The lowest BCUT2D eigenvalue weighted by Gasteiger charge is -2.06. The Hall–Kier alpha value is -1.30. The summed E-state index contributed by atoms with van der Waals surface area (Å²) in [6, 6.07) is 13.1. The van der Waals surface area contributed by atoms with Crippen molar-refractivity contribution in [3.63, 3.8) is 0 Å². The number of nitrogens with zero attached hydrogens (tertiary/aromatic N) is 2. The van der Waals surface area contributed by atoms with Gasteiger partial charge >= 0.3 is 0 Å². The highest BCUT2D eigenvalue weighted by molar-refractivity contribution is 9.10. The molecule has 1 aromatic carbocycles. The van der Waals surface area contributed by atoms with Gasteiger partial charge in [0.05, 0.1) is 5.69 Å². The van der Waals surface area contributed by atoms with E-state index in [0.29, 0.717) is 11.4 Å². The van der Waals surface area contributed by atoms with Crippen LogP contribution in [-0.2, 0) is 11.5 Å². The standard InChI is InChI=1S/C16H12BrClN2OS/c17-12-5-6-15-19-13(7-16(21)20(15)8-12)10-22-9-11-3-1-2-4-14(11)18/h1-8H,9-10H2. The molecule has 0 aliphatic heterocycles. The number of halogens is 2. The number of rotatable bonds is 4. The summed E-state index contributed by atoms with van der Waals surface area (Å²) in [5, 5.41) is 0.770. The van der Waals surface area contributed by atoms with Crippen LogP contribution in [0.1, 0.15) is 11.3 Å². The van der Waals surface area contributed by atoms with Gasteiger partial charge in [-0.05, 0) is 39.7 Å². The minimum atomic E-state index is -0.0698. The molecule has 0 radical (unpaired) electrons. The second-order valence-corrected chi connectivity index (χ2v) is 7.05. The minimum Gasteiger partial charge on any atom is -0.269 e. The number of hydrogen-bond acceptors (Lipinski definition) is 3. The number of pyridine rings is 1. The third-order valence-corrected chi connectivity index (χ3v) is 4.99. The second kappa shape index (κ2) is 6.86. The first kappa shape index (κ1) is 15.6. The molecule has 6 heteroatoms. The SMILES string of the molecule is O=c1cc(CSCc2ccccc2Cl)nc2ccc(Br)cn12. The quantitative estimate of drug-likeness (QED) is 0.650. The van der Waals surface area contributed by atoms with Crippen molar-refractivity contribution in [3.05, 3.63) is 79.8 Å². The van der Waals surface area contributed by atoms with E-state index in [4.69, 9.17) is 11.6 Å². The maximum atomic E-state index is 12.1. The summed E-state index contributed by atoms with van der Waals surface area (Å²) < 4.78 is 2.39. The molecule has 3 rings (SSSR count). The maximum absolute atomic E-state index is 12.1. The Balaban J connectivity index is 1.76. The molecule has 0 saturated heterocycles. The molecule has 0 spiro atoms. The largest absolute Gasteiger partial charge is 0.269 e. The van der Waals surface area contributed by atoms with Crippen molar-refractivity contribution in [2.45, 2.75) is 11.5 Å². The van der Waals surface area contributed by atoms with Crippen molar-refractivity contribution in [2.24, 2.45) is 0 Å². The van der Waals surface area contributed by atoms with Crippen LogP contribution < -0.4 is 5.56 Å². The molecule has 0 fully saturated rings. The van der Waals surface area contributed by atoms with Gasteiger partial charge in [0.15, 0.2) is 0 Å². The molecule has 3 aromatic rings. The highest BCUT2D eigenvalue weighted by Crippen LogP contribution is 2.22. The Morgan fingerprint density at radius 3 is 2.82 bits per heavy atom. The summed E-state index contributed by atoms with van der Waals surface area (Å²) in [6.45, 7) is 0. The van der Waals surface area contributed by atoms with Crippen LogP contribution in [0.25, 0.3) is 5.65 Å². The molecule has 2 heterocycles. The van der Waals surface area contributed by atoms with Crippen LogP contribution in [0.5, 0.6) is 0 Å². The summed E-state index contributed by atoms with van der Waals surface area (Å²) in [7, 11) is 0. The Morgan fingerprint density at radius 1 is 1.18 bits per heavy atom. The Morgan fingerprint density at radius 2 is 2.00 bits per heavy atom. The summed E-state index contributed by atoms with van der Waals surface area (Å²) in [5.41, 5.74) is 2.46. The van der Waals surface area contributed by atoms with Crippen LogP contribution in [0, 0.1) is 0 Å². The van der Waals surface area contributed by atoms with Crippen molar-refractivity contribution in [1.29, 1.82) is 0 Å². The van der Waals surface area contributed by atoms with E-state index in [9.17, 15) is 4.79 Å². The number of hydrogen-bond donors (Lipinski definition) is 0. The van der Waals surface area contributed by atoms with Crippen LogP contribution in [0.2, 0.25) is 5.02 Å². The number of fused-ring (bicyclic) bond motifs is 1. The lowest BCUT2D eigenvalue weighted by atomic mass is 10.2. The molecule has 0 atom stereocenters. The summed E-state index contributed by atoms with van der Waals surface area (Å²) in [6.07, 6.45) is 1.73. The predicted molar refractivity (Wildman–Crippen MR) is 95.6 cm³/mol. The van der Waals surface area contributed by atoms with E-state index in [2.05, 4.69) is 20.9 Å². The van der Waals surface area contributed by atoms with Gasteiger partial charge in [-0.3, -0.25) is 9.20 Å². The fraction of sp³-hybridized carbons (Fsp3) is 0.125. The highest BCUT2D eigenvalue weighted by Gasteiger charge is 2.04. The van der Waals surface area contributed by atoms with Crippen LogP contribution in [0.15, 0.2) is 57.9 Å². The van der Waals surface area contributed by atoms with Crippen molar-refractivity contribution in [1.82, 2.24) is 9.38 Å². The van der Waals surface area contributed by atoms with Gasteiger partial charge in [-0.2, -0.15) is 11.8 Å². The molecule has 2 aromatic heterocycles. The topological polar surface area (TPSA) is 34.4 Å². The van der Waals surface area contributed by atoms with Gasteiger partial charge in [0, 0.05) is 33.3 Å². The first-order valence-electron chi connectivity index (χ1n) is 6.62. The zero-order valence-corrected chi connectivity index (χ0v) is 14.7. The van der Waals surface area contributed by atoms with E-state index in [1.807, 2.05) is 36.4 Å². The first-order chi connectivity index (χ1) is 10.6. The second-order valence-electron chi connectivity index (χ2n) is 4.75. The normalized spacial score (nSPS) is 11.0. The van der Waals surface area contributed by atoms with E-state index in [1.54, 1.807) is 24.0 Å². The van der Waals surface area contributed by atoms with E-state index in [1.165, 1.54) is 4.40 Å². The fourth-order valence-corrected chi connectivity index (χ4v) is 3.63. The Bertz CT molecular complexity index is 881. The van der Waals surface area contributed by atoms with Gasteiger partial charge in [0.25, 0.3) is 5.56 Å². The van der Waals surface area contributed by atoms with E-state index >= 15 is 0 Å². The molecule has 0 unspecified atom stereocenters. The first-order valence-corrected chi connectivity index (χ1v) is 8.95. The third-order valence-electron chi connectivity index (χ3n) is 3.14. The van der Waals surface area contributed by atoms with Crippen molar-refractivity contribution >= 4 is 44.9 Å². The van der Waals surface area contributed by atoms with E-state index < -0.39 is 0 Å². The average Bonchev–Trinajstić information content (AvgIpc) is 2.50. The Labute approximate surface area is 145 Å². The monoisotopic (exact) mass is 394 g/mol. The number of thioether (sulfide) groups is 1. The van der Waals surface area contributed by atoms with Gasteiger partial charge < -0.3 is 0 Å². The smallest absolute Gasteiger partial charge is 0.258 e. The maximum Gasteiger partial charge on any atom is 0.258 e. The predicted octanol–water partition coefficient (Wildman–Crippen LogP) is 4.54. The Kier molecular flexibility index (Phi) is 4.86. The fourth-order valence-electron chi connectivity index (χ4n) is 2.08. The molecule has 0 aliphatic rings. The molecule has 0 bridgehead atoms. The summed E-state index contributed by atoms with van der Waals surface area (Å²) in [4.78, 5) is 16.6. The third kappa shape index (κ3) is 3.54. The number of aromatic nitrogens is 2. The molecule has 3 nitrogen and oxygen atoms in total. The van der Waals surface area contributed by atoms with Gasteiger partial charge in [0.1, 0.15) is 5.65 Å². The van der Waals surface area contributed by atoms with Crippen LogP contribution in [0.3, 0.4) is 0 Å². The van der Waals surface area contributed by atoms with Crippen LogP contribution in [0.4, 0.5) is 0 Å². The van der Waals surface area contributed by atoms with Crippen molar-refractivity contribution in [3.8, 4) is 0 Å². The van der Waals surface area contributed by atoms with Crippen molar-refractivity contribution in [2.75, 3.05) is 0 Å². The number of benzene rings is 1. The van der Waals surface area contributed by atoms with Crippen molar-refractivity contribution < 1.29 is 0 Å². The molecule has 0 aliphatic carbocycles. The average molecular weight is 396 g/mol. The minimum absolute atomic E-state index is 0.0698. The lowest BCUT2D eigenvalue weighted by molar-refractivity contribution is 1.01. The molecule has 112 valence electrons. The van der Waals surface area contributed by atoms with Crippen LogP contribution >= 0.6 is 39.3 Å². The summed E-state index contributed by atoms with van der Waals surface area (Å²) >= 11 is 11.2. The highest BCUT2D eigenvalue weighted by atomic mass is 79.9. The molecule has 22 heavy (non-hydrogen) atoms. The van der Waals surface area contributed by atoms with Gasteiger partial charge in [-0.25, -0.2) is 4.98 Å². The molecular formula is C16H12BrClN2OS. The summed E-state index contributed by atoms with van der Waals surface area (Å²) in [5.74, 6) is 1.47.